The van der Waals surface area contributed by atoms with Crippen molar-refractivity contribution in [1.29, 1.82) is 0 Å². The molecule has 1 aromatic carbocycles. The van der Waals surface area contributed by atoms with Gasteiger partial charge < -0.3 is 14.6 Å². The second-order valence-electron chi connectivity index (χ2n) is 8.55. The van der Waals surface area contributed by atoms with Gasteiger partial charge in [-0.1, -0.05) is 25.1 Å². The largest absolute Gasteiger partial charge is 0.488 e. The van der Waals surface area contributed by atoms with Gasteiger partial charge in [0.05, 0.1) is 0 Å². The lowest BCUT2D eigenvalue weighted by Crippen LogP contribution is -2.32. The molecule has 7 nitrogen and oxygen atoms in total. The summed E-state index contributed by atoms with van der Waals surface area (Å²) in [5.41, 5.74) is 3.39. The number of hydrogen-bond donors (Lipinski definition) is 1. The van der Waals surface area contributed by atoms with Gasteiger partial charge in [0.2, 0.25) is 5.89 Å². The number of ether oxygens (including phenoxy) is 1. The average molecular weight is 421 g/mol. The van der Waals surface area contributed by atoms with E-state index < -0.39 is 0 Å². The minimum Gasteiger partial charge on any atom is -0.488 e. The van der Waals surface area contributed by atoms with Crippen molar-refractivity contribution in [3.8, 4) is 5.75 Å². The van der Waals surface area contributed by atoms with E-state index in [2.05, 4.69) is 20.4 Å². The summed E-state index contributed by atoms with van der Waals surface area (Å²) in [5.74, 6) is 2.35. The summed E-state index contributed by atoms with van der Waals surface area (Å²) in [6.45, 7) is 8.37. The zero-order valence-corrected chi connectivity index (χ0v) is 18.4. The van der Waals surface area contributed by atoms with Gasteiger partial charge >= 0.3 is 0 Å². The fourth-order valence-corrected chi connectivity index (χ4v) is 3.57. The fraction of sp³-hybridized carbons (Fsp3) is 0.417. The van der Waals surface area contributed by atoms with E-state index in [-0.39, 0.29) is 17.9 Å². The molecule has 1 unspecified atom stereocenters. The molecule has 1 saturated carbocycles. The zero-order chi connectivity index (χ0) is 22.0. The average Bonchev–Trinajstić information content (AvgIpc) is 3.49. The van der Waals surface area contributed by atoms with Crippen molar-refractivity contribution in [3.05, 3.63) is 70.6 Å². The Balaban J connectivity index is 1.47. The number of aryl methyl sites for hydroxylation is 2. The van der Waals surface area contributed by atoms with Crippen LogP contribution in [0, 0.1) is 19.8 Å². The maximum absolute atomic E-state index is 13.0. The molecule has 1 fully saturated rings. The van der Waals surface area contributed by atoms with Crippen molar-refractivity contribution in [3.63, 3.8) is 0 Å². The first-order chi connectivity index (χ1) is 14.9. The van der Waals surface area contributed by atoms with E-state index in [9.17, 15) is 4.79 Å². The van der Waals surface area contributed by atoms with Crippen LogP contribution < -0.4 is 10.1 Å². The Kier molecular flexibility index (Phi) is 6.02. The number of pyridine rings is 1. The van der Waals surface area contributed by atoms with Crippen LogP contribution in [0.25, 0.3) is 0 Å². The van der Waals surface area contributed by atoms with E-state index in [0.29, 0.717) is 24.0 Å². The third-order valence-electron chi connectivity index (χ3n) is 5.45. The third kappa shape index (κ3) is 4.93. The highest BCUT2D eigenvalue weighted by molar-refractivity contribution is 5.95. The number of carbonyl (C=O) groups is 1. The maximum Gasteiger partial charge on any atom is 0.251 e. The highest BCUT2D eigenvalue weighted by Gasteiger charge is 2.31. The van der Waals surface area contributed by atoms with E-state index in [1.54, 1.807) is 12.4 Å². The van der Waals surface area contributed by atoms with Gasteiger partial charge in [-0.25, -0.2) is 0 Å². The SMILES string of the molecule is Cc1cc(C(=O)NC(c2nc(C3CC3)no2)C(C)C)cc(C)c1OCc1cccnc1. The minimum atomic E-state index is -0.338. The number of nitrogens with zero attached hydrogens (tertiary/aromatic N) is 3. The molecular formula is C24H28N4O3. The number of carbonyl (C=O) groups excluding carboxylic acids is 1. The quantitative estimate of drug-likeness (QED) is 0.570. The van der Waals surface area contributed by atoms with Crippen LogP contribution in [0.1, 0.15) is 77.4 Å². The molecule has 0 aliphatic heterocycles. The van der Waals surface area contributed by atoms with Crippen LogP contribution in [0.3, 0.4) is 0 Å². The topological polar surface area (TPSA) is 90.1 Å². The maximum atomic E-state index is 13.0. The van der Waals surface area contributed by atoms with Crippen molar-refractivity contribution < 1.29 is 14.1 Å². The normalized spacial score (nSPS) is 14.5. The van der Waals surface area contributed by atoms with Crippen LogP contribution >= 0.6 is 0 Å². The van der Waals surface area contributed by atoms with E-state index in [1.807, 2.05) is 52.0 Å². The molecule has 3 aromatic rings. The Hall–Kier alpha value is -3.22. The lowest BCUT2D eigenvalue weighted by molar-refractivity contribution is 0.0913. The number of aromatic nitrogens is 3. The van der Waals surface area contributed by atoms with Gasteiger partial charge in [0.25, 0.3) is 5.91 Å². The summed E-state index contributed by atoms with van der Waals surface area (Å²) in [6, 6.07) is 7.21. The monoisotopic (exact) mass is 420 g/mol. The minimum absolute atomic E-state index is 0.112. The fourth-order valence-electron chi connectivity index (χ4n) is 3.57. The van der Waals surface area contributed by atoms with Crippen LogP contribution in [0.15, 0.2) is 41.2 Å². The Bertz CT molecular complexity index is 1030. The van der Waals surface area contributed by atoms with Crippen molar-refractivity contribution in [2.75, 3.05) is 0 Å². The van der Waals surface area contributed by atoms with Gasteiger partial charge in [-0.05, 0) is 61.9 Å². The van der Waals surface area contributed by atoms with Gasteiger partial charge in [0.1, 0.15) is 18.4 Å². The molecule has 162 valence electrons. The highest BCUT2D eigenvalue weighted by Crippen LogP contribution is 2.38. The molecule has 1 atom stereocenters. The van der Waals surface area contributed by atoms with E-state index >= 15 is 0 Å². The third-order valence-corrected chi connectivity index (χ3v) is 5.45. The Labute approximate surface area is 182 Å². The predicted octanol–water partition coefficient (Wildman–Crippen LogP) is 4.66. The first kappa shape index (κ1) is 21.0. The summed E-state index contributed by atoms with van der Waals surface area (Å²) in [4.78, 5) is 21.7. The van der Waals surface area contributed by atoms with Crippen molar-refractivity contribution in [2.45, 2.75) is 59.1 Å². The van der Waals surface area contributed by atoms with Crippen molar-refractivity contribution in [2.24, 2.45) is 5.92 Å². The molecular weight excluding hydrogens is 392 g/mol. The van der Waals surface area contributed by atoms with Gasteiger partial charge in [0, 0.05) is 29.4 Å². The molecule has 1 aliphatic carbocycles. The molecule has 0 spiro atoms. The van der Waals surface area contributed by atoms with Gasteiger partial charge in [-0.3, -0.25) is 9.78 Å². The number of benzene rings is 1. The Morgan fingerprint density at radius 1 is 1.26 bits per heavy atom. The molecule has 0 radical (unpaired) electrons. The van der Waals surface area contributed by atoms with Crippen LogP contribution in [-0.4, -0.2) is 21.0 Å². The zero-order valence-electron chi connectivity index (χ0n) is 18.4. The number of nitrogens with one attached hydrogen (secondary N) is 1. The highest BCUT2D eigenvalue weighted by atomic mass is 16.5. The molecule has 1 amide bonds. The Morgan fingerprint density at radius 3 is 2.61 bits per heavy atom. The van der Waals surface area contributed by atoms with Crippen LogP contribution in [0.2, 0.25) is 0 Å². The summed E-state index contributed by atoms with van der Waals surface area (Å²) in [5, 5.41) is 7.16. The molecule has 1 aliphatic rings. The Morgan fingerprint density at radius 2 is 2.00 bits per heavy atom. The molecule has 2 heterocycles. The summed E-state index contributed by atoms with van der Waals surface area (Å²) in [6.07, 6.45) is 5.72. The lowest BCUT2D eigenvalue weighted by Gasteiger charge is -2.19. The second kappa shape index (κ2) is 8.88. The summed E-state index contributed by atoms with van der Waals surface area (Å²) in [7, 11) is 0. The van der Waals surface area contributed by atoms with E-state index in [0.717, 1.165) is 41.1 Å². The van der Waals surface area contributed by atoms with E-state index in [4.69, 9.17) is 9.26 Å². The molecule has 7 heteroatoms. The van der Waals surface area contributed by atoms with Gasteiger partial charge in [-0.15, -0.1) is 0 Å². The molecule has 0 bridgehead atoms. The first-order valence-corrected chi connectivity index (χ1v) is 10.7. The predicted molar refractivity (Wildman–Crippen MR) is 116 cm³/mol. The van der Waals surface area contributed by atoms with Crippen molar-refractivity contribution in [1.82, 2.24) is 20.4 Å². The molecule has 1 N–H and O–H groups in total. The van der Waals surface area contributed by atoms with E-state index in [1.165, 1.54) is 0 Å². The lowest BCUT2D eigenvalue weighted by atomic mass is 10.0. The summed E-state index contributed by atoms with van der Waals surface area (Å²) < 4.78 is 11.5. The van der Waals surface area contributed by atoms with Gasteiger partial charge in [0.15, 0.2) is 5.82 Å². The second-order valence-corrected chi connectivity index (χ2v) is 8.55. The summed E-state index contributed by atoms with van der Waals surface area (Å²) >= 11 is 0. The van der Waals surface area contributed by atoms with Crippen LogP contribution in [-0.2, 0) is 6.61 Å². The molecule has 2 aromatic heterocycles. The molecule has 4 rings (SSSR count). The smallest absolute Gasteiger partial charge is 0.251 e. The van der Waals surface area contributed by atoms with Crippen LogP contribution in [0.5, 0.6) is 5.75 Å². The number of amides is 1. The van der Waals surface area contributed by atoms with Crippen LogP contribution in [0.4, 0.5) is 0 Å². The number of rotatable bonds is 8. The molecule has 31 heavy (non-hydrogen) atoms. The number of hydrogen-bond acceptors (Lipinski definition) is 6. The first-order valence-electron chi connectivity index (χ1n) is 10.7. The molecule has 0 saturated heterocycles. The standard InChI is InChI=1S/C24H28N4O3/c1-14(2)20(24-27-22(28-31-24)18-7-8-18)26-23(29)19-10-15(3)21(16(4)11-19)30-13-17-6-5-9-25-12-17/h5-6,9-12,14,18,20H,7-8,13H2,1-4H3,(H,26,29). The van der Waals surface area contributed by atoms with Crippen molar-refractivity contribution >= 4 is 5.91 Å². The van der Waals surface area contributed by atoms with Gasteiger partial charge in [-0.2, -0.15) is 4.98 Å².